The van der Waals surface area contributed by atoms with Gasteiger partial charge in [-0.2, -0.15) is 0 Å². The summed E-state index contributed by atoms with van der Waals surface area (Å²) < 4.78 is 14.7. The minimum atomic E-state index is -0.975. The van der Waals surface area contributed by atoms with Crippen molar-refractivity contribution in [3.8, 4) is 11.4 Å². The van der Waals surface area contributed by atoms with E-state index in [1.54, 1.807) is 0 Å². The van der Waals surface area contributed by atoms with E-state index in [0.29, 0.717) is 15.9 Å². The largest absolute Gasteiger partial charge is 0.481 e. The molecule has 2 aromatic rings. The molecule has 0 unspecified atom stereocenters. The molecule has 19 heavy (non-hydrogen) atoms. The van der Waals surface area contributed by atoms with Gasteiger partial charge in [0.1, 0.15) is 5.82 Å². The van der Waals surface area contributed by atoms with Gasteiger partial charge in [0.2, 0.25) is 5.16 Å². The Balaban J connectivity index is 2.33. The number of aromatic nitrogens is 3. The van der Waals surface area contributed by atoms with Crippen LogP contribution in [0.2, 0.25) is 0 Å². The zero-order valence-corrected chi connectivity index (χ0v) is 11.8. The molecule has 0 fully saturated rings. The van der Waals surface area contributed by atoms with Crippen molar-refractivity contribution in [3.63, 3.8) is 0 Å². The molecule has 0 amide bonds. The monoisotopic (exact) mass is 346 g/mol. The van der Waals surface area contributed by atoms with Crippen molar-refractivity contribution in [3.05, 3.63) is 28.5 Å². The highest BCUT2D eigenvalue weighted by molar-refractivity contribution is 9.10. The van der Waals surface area contributed by atoms with Gasteiger partial charge < -0.3 is 10.9 Å². The first-order chi connectivity index (χ1) is 8.99. The second-order valence-electron chi connectivity index (χ2n) is 3.48. The summed E-state index contributed by atoms with van der Waals surface area (Å²) >= 11 is 4.17. The van der Waals surface area contributed by atoms with Crippen LogP contribution in [0.4, 0.5) is 4.39 Å². The third kappa shape index (κ3) is 3.04. The number of nitrogens with two attached hydrogens (primary N) is 1. The molecule has 0 radical (unpaired) electrons. The maximum Gasteiger partial charge on any atom is 0.313 e. The smallest absolute Gasteiger partial charge is 0.313 e. The molecule has 1 aromatic carbocycles. The van der Waals surface area contributed by atoms with Gasteiger partial charge in [-0.3, -0.25) is 4.79 Å². The van der Waals surface area contributed by atoms with Gasteiger partial charge in [-0.25, -0.2) is 9.07 Å². The first kappa shape index (κ1) is 13.8. The predicted octanol–water partition coefficient (Wildman–Crippen LogP) is 1.74. The van der Waals surface area contributed by atoms with Crippen molar-refractivity contribution in [2.75, 3.05) is 11.6 Å². The maximum atomic E-state index is 13.0. The highest BCUT2D eigenvalue weighted by Crippen LogP contribution is 2.28. The van der Waals surface area contributed by atoms with E-state index in [4.69, 9.17) is 10.9 Å². The zero-order chi connectivity index (χ0) is 14.0. The molecular formula is C10H8BrFN4O2S. The van der Waals surface area contributed by atoms with E-state index in [-0.39, 0.29) is 16.7 Å². The molecule has 1 aromatic heterocycles. The number of carbonyl (C=O) groups is 1. The summed E-state index contributed by atoms with van der Waals surface area (Å²) in [4.78, 5) is 10.5. The van der Waals surface area contributed by atoms with Crippen LogP contribution in [0.25, 0.3) is 11.4 Å². The van der Waals surface area contributed by atoms with Crippen LogP contribution < -0.4 is 5.84 Å². The summed E-state index contributed by atoms with van der Waals surface area (Å²) in [5, 5.41) is 16.5. The fraction of sp³-hybridized carbons (Fsp3) is 0.100. The van der Waals surface area contributed by atoms with E-state index >= 15 is 0 Å². The van der Waals surface area contributed by atoms with E-state index in [0.717, 1.165) is 11.8 Å². The molecule has 100 valence electrons. The van der Waals surface area contributed by atoms with Crippen molar-refractivity contribution in [1.29, 1.82) is 0 Å². The SMILES string of the molecule is Nn1c(SCC(=O)O)nnc1-c1ccc(F)cc1Br. The second kappa shape index (κ2) is 5.57. The van der Waals surface area contributed by atoms with E-state index in [1.807, 2.05) is 0 Å². The van der Waals surface area contributed by atoms with E-state index in [9.17, 15) is 9.18 Å². The van der Waals surface area contributed by atoms with Crippen molar-refractivity contribution >= 4 is 33.7 Å². The molecule has 0 aliphatic rings. The predicted molar refractivity (Wildman–Crippen MR) is 71.6 cm³/mol. The molecule has 0 saturated carbocycles. The summed E-state index contributed by atoms with van der Waals surface area (Å²) in [5.74, 6) is 4.58. The Morgan fingerprint density at radius 2 is 2.26 bits per heavy atom. The lowest BCUT2D eigenvalue weighted by molar-refractivity contribution is -0.133. The van der Waals surface area contributed by atoms with E-state index in [1.165, 1.54) is 22.9 Å². The number of aliphatic carboxylic acids is 1. The number of carboxylic acids is 1. The zero-order valence-electron chi connectivity index (χ0n) is 9.38. The number of hydrogen-bond donors (Lipinski definition) is 2. The molecular weight excluding hydrogens is 339 g/mol. The van der Waals surface area contributed by atoms with Gasteiger partial charge in [-0.1, -0.05) is 11.8 Å². The molecule has 0 aliphatic carbocycles. The molecule has 3 N–H and O–H groups in total. The standard InChI is InChI=1S/C10H8BrFN4O2S/c11-7-3-5(12)1-2-6(7)9-14-15-10(16(9)13)19-4-8(17)18/h1-3H,4,13H2,(H,17,18). The lowest BCUT2D eigenvalue weighted by atomic mass is 10.2. The van der Waals surface area contributed by atoms with Gasteiger partial charge in [0.05, 0.1) is 5.75 Å². The third-order valence-electron chi connectivity index (χ3n) is 2.16. The second-order valence-corrected chi connectivity index (χ2v) is 5.28. The van der Waals surface area contributed by atoms with Gasteiger partial charge in [-0.15, -0.1) is 10.2 Å². The molecule has 0 saturated heterocycles. The highest BCUT2D eigenvalue weighted by atomic mass is 79.9. The van der Waals surface area contributed by atoms with Crippen molar-refractivity contribution in [2.45, 2.75) is 5.16 Å². The number of thioether (sulfide) groups is 1. The lowest BCUT2D eigenvalue weighted by Crippen LogP contribution is -2.12. The normalized spacial score (nSPS) is 10.6. The average Bonchev–Trinajstić information content (AvgIpc) is 2.68. The fourth-order valence-corrected chi connectivity index (χ4v) is 2.46. The van der Waals surface area contributed by atoms with Gasteiger partial charge in [0, 0.05) is 10.0 Å². The maximum absolute atomic E-state index is 13.0. The van der Waals surface area contributed by atoms with Crippen LogP contribution in [0.5, 0.6) is 0 Å². The number of carboxylic acid groups (broad SMARTS) is 1. The number of nitrogens with zero attached hydrogens (tertiary/aromatic N) is 3. The minimum Gasteiger partial charge on any atom is -0.481 e. The molecule has 9 heteroatoms. The van der Waals surface area contributed by atoms with Crippen LogP contribution in [-0.4, -0.2) is 31.7 Å². The Morgan fingerprint density at radius 1 is 1.53 bits per heavy atom. The van der Waals surface area contributed by atoms with Crippen molar-refractivity contribution in [2.24, 2.45) is 0 Å². The van der Waals surface area contributed by atoms with Crippen LogP contribution in [0.15, 0.2) is 27.8 Å². The van der Waals surface area contributed by atoms with Gasteiger partial charge in [-0.05, 0) is 34.1 Å². The van der Waals surface area contributed by atoms with Crippen molar-refractivity contribution in [1.82, 2.24) is 14.9 Å². The Hall–Kier alpha value is -1.61. The number of hydrogen-bond acceptors (Lipinski definition) is 5. The number of rotatable bonds is 4. The summed E-state index contributed by atoms with van der Waals surface area (Å²) in [5.41, 5.74) is 0.568. The third-order valence-corrected chi connectivity index (χ3v) is 3.75. The highest BCUT2D eigenvalue weighted by Gasteiger charge is 2.15. The molecule has 0 spiro atoms. The molecule has 2 rings (SSSR count). The van der Waals surface area contributed by atoms with Crippen LogP contribution in [0.1, 0.15) is 0 Å². The Kier molecular flexibility index (Phi) is 4.05. The Labute approximate surface area is 119 Å². The molecule has 0 aliphatic heterocycles. The fourth-order valence-electron chi connectivity index (χ4n) is 1.36. The molecule has 0 atom stereocenters. The van der Waals surface area contributed by atoms with Gasteiger partial charge in [0.25, 0.3) is 0 Å². The van der Waals surface area contributed by atoms with E-state index in [2.05, 4.69) is 26.1 Å². The Morgan fingerprint density at radius 3 is 2.89 bits per heavy atom. The molecule has 0 bridgehead atoms. The number of nitrogen functional groups attached to an aromatic ring is 1. The summed E-state index contributed by atoms with van der Waals surface area (Å²) in [6.07, 6.45) is 0. The summed E-state index contributed by atoms with van der Waals surface area (Å²) in [6.45, 7) is 0. The topological polar surface area (TPSA) is 94.0 Å². The average molecular weight is 347 g/mol. The van der Waals surface area contributed by atoms with Gasteiger partial charge >= 0.3 is 5.97 Å². The molecule has 6 nitrogen and oxygen atoms in total. The Bertz CT molecular complexity index is 634. The first-order valence-corrected chi connectivity index (χ1v) is 6.77. The summed E-state index contributed by atoms with van der Waals surface area (Å²) in [6, 6.07) is 4.07. The molecule has 1 heterocycles. The summed E-state index contributed by atoms with van der Waals surface area (Å²) in [7, 11) is 0. The van der Waals surface area contributed by atoms with Crippen LogP contribution in [-0.2, 0) is 4.79 Å². The number of halogens is 2. The first-order valence-electron chi connectivity index (χ1n) is 4.99. The van der Waals surface area contributed by atoms with Gasteiger partial charge in [0.15, 0.2) is 5.82 Å². The van der Waals surface area contributed by atoms with E-state index < -0.39 is 5.97 Å². The van der Waals surface area contributed by atoms with Crippen LogP contribution in [0, 0.1) is 5.82 Å². The van der Waals surface area contributed by atoms with Crippen molar-refractivity contribution < 1.29 is 14.3 Å². The van der Waals surface area contributed by atoms with Crippen LogP contribution >= 0.6 is 27.7 Å². The number of benzene rings is 1. The van der Waals surface area contributed by atoms with Crippen LogP contribution in [0.3, 0.4) is 0 Å². The lowest BCUT2D eigenvalue weighted by Gasteiger charge is -2.04. The quantitative estimate of drug-likeness (QED) is 0.646. The minimum absolute atomic E-state index is 0.167.